The Balaban J connectivity index is 1.78. The van der Waals surface area contributed by atoms with E-state index in [1.807, 2.05) is 78.0 Å². The molecule has 1 aliphatic rings. The summed E-state index contributed by atoms with van der Waals surface area (Å²) >= 11 is 0. The minimum atomic E-state index is -0.287. The number of carbonyl (C=O) groups excluding carboxylic acids is 1. The molecule has 0 radical (unpaired) electrons. The maximum atomic E-state index is 13.8. The third-order valence-electron chi connectivity index (χ3n) is 5.96. The second-order valence-corrected chi connectivity index (χ2v) is 7.59. The molecule has 1 atom stereocenters. The lowest BCUT2D eigenvalue weighted by molar-refractivity contribution is 0.0986. The molecule has 1 aliphatic heterocycles. The second-order valence-electron chi connectivity index (χ2n) is 7.59. The van der Waals surface area contributed by atoms with E-state index in [1.165, 1.54) is 0 Å². The minimum Gasteiger partial charge on any atom is -0.497 e. The van der Waals surface area contributed by atoms with Gasteiger partial charge >= 0.3 is 0 Å². The van der Waals surface area contributed by atoms with Crippen LogP contribution in [0.4, 0.5) is 5.69 Å². The number of methoxy groups -OCH3 is 1. The molecule has 156 valence electrons. The molecule has 5 heteroatoms. The first-order chi connectivity index (χ1) is 15.2. The topological polar surface area (TPSA) is 43.7 Å². The number of para-hydroxylation sites is 2. The summed E-state index contributed by atoms with van der Waals surface area (Å²) in [4.78, 5) is 15.7. The highest BCUT2D eigenvalue weighted by Crippen LogP contribution is 2.48. The molecule has 0 saturated heterocycles. The molecule has 5 rings (SSSR count). The Kier molecular flexibility index (Phi) is 4.66. The van der Waals surface area contributed by atoms with Crippen molar-refractivity contribution in [2.45, 2.75) is 13.0 Å². The van der Waals surface area contributed by atoms with Crippen LogP contribution in [-0.2, 0) is 7.05 Å². The van der Waals surface area contributed by atoms with Crippen LogP contribution in [-0.4, -0.2) is 24.2 Å². The van der Waals surface area contributed by atoms with Crippen molar-refractivity contribution < 1.29 is 14.3 Å². The van der Waals surface area contributed by atoms with E-state index in [1.54, 1.807) is 7.11 Å². The van der Waals surface area contributed by atoms with E-state index < -0.39 is 0 Å². The lowest BCUT2D eigenvalue weighted by Crippen LogP contribution is -2.30. The van der Waals surface area contributed by atoms with Crippen molar-refractivity contribution in [1.82, 2.24) is 4.57 Å². The fourth-order valence-corrected chi connectivity index (χ4v) is 4.62. The van der Waals surface area contributed by atoms with Crippen molar-refractivity contribution in [1.29, 1.82) is 0 Å². The van der Waals surface area contributed by atoms with E-state index in [0.717, 1.165) is 39.2 Å². The number of anilines is 1. The maximum Gasteiger partial charge on any atom is 0.276 e. The molecule has 4 aromatic rings. The van der Waals surface area contributed by atoms with Crippen LogP contribution in [0.1, 0.15) is 34.6 Å². The fraction of sp³-hybridized carbons (Fsp3) is 0.192. The van der Waals surface area contributed by atoms with Crippen LogP contribution >= 0.6 is 0 Å². The lowest BCUT2D eigenvalue weighted by atomic mass is 9.96. The summed E-state index contributed by atoms with van der Waals surface area (Å²) in [5.74, 6) is 1.53. The first-order valence-corrected chi connectivity index (χ1v) is 10.4. The number of amides is 1. The normalized spacial score (nSPS) is 15.4. The minimum absolute atomic E-state index is 0.0184. The highest BCUT2D eigenvalue weighted by molar-refractivity contribution is 6.15. The summed E-state index contributed by atoms with van der Waals surface area (Å²) in [6.07, 6.45) is 0. The SMILES string of the molecule is CCOc1ccccc1[C@H]1c2c(n(C)c3ccccc23)C(=O)N1c1ccc(OC)cc1. The summed E-state index contributed by atoms with van der Waals surface area (Å²) < 4.78 is 13.3. The van der Waals surface area contributed by atoms with E-state index in [2.05, 4.69) is 18.2 Å². The van der Waals surface area contributed by atoms with Gasteiger partial charge in [-0.15, -0.1) is 0 Å². The number of rotatable bonds is 5. The van der Waals surface area contributed by atoms with Crippen molar-refractivity contribution >= 4 is 22.5 Å². The Morgan fingerprint density at radius 2 is 1.65 bits per heavy atom. The van der Waals surface area contributed by atoms with Gasteiger partial charge in [-0.25, -0.2) is 0 Å². The zero-order chi connectivity index (χ0) is 21.5. The summed E-state index contributed by atoms with van der Waals surface area (Å²) in [6, 6.07) is 23.5. The number of carbonyl (C=O) groups is 1. The molecule has 0 N–H and O–H groups in total. The Labute approximate surface area is 181 Å². The van der Waals surface area contributed by atoms with Crippen molar-refractivity contribution in [3.8, 4) is 11.5 Å². The van der Waals surface area contributed by atoms with Crippen LogP contribution in [0.3, 0.4) is 0 Å². The van der Waals surface area contributed by atoms with Gasteiger partial charge in [0.2, 0.25) is 0 Å². The molecule has 0 spiro atoms. The van der Waals surface area contributed by atoms with Crippen molar-refractivity contribution in [3.05, 3.63) is 89.6 Å². The molecule has 2 heterocycles. The van der Waals surface area contributed by atoms with E-state index in [4.69, 9.17) is 9.47 Å². The number of aromatic nitrogens is 1. The zero-order valence-corrected chi connectivity index (χ0v) is 17.8. The van der Waals surface area contributed by atoms with Crippen molar-refractivity contribution in [3.63, 3.8) is 0 Å². The van der Waals surface area contributed by atoms with Crippen molar-refractivity contribution in [2.24, 2.45) is 7.05 Å². The monoisotopic (exact) mass is 412 g/mol. The molecule has 0 saturated carbocycles. The van der Waals surface area contributed by atoms with E-state index in [0.29, 0.717) is 12.3 Å². The zero-order valence-electron chi connectivity index (χ0n) is 17.8. The number of ether oxygens (including phenoxy) is 2. The number of nitrogens with zero attached hydrogens (tertiary/aromatic N) is 2. The average Bonchev–Trinajstić information content (AvgIpc) is 3.27. The van der Waals surface area contributed by atoms with Crippen molar-refractivity contribution in [2.75, 3.05) is 18.6 Å². The van der Waals surface area contributed by atoms with Gasteiger partial charge in [0.05, 0.1) is 19.8 Å². The van der Waals surface area contributed by atoms with E-state index >= 15 is 0 Å². The Hall–Kier alpha value is -3.73. The van der Waals surface area contributed by atoms with Gasteiger partial charge < -0.3 is 14.0 Å². The van der Waals surface area contributed by atoms with Crippen LogP contribution in [0, 0.1) is 0 Å². The molecular weight excluding hydrogens is 388 g/mol. The quantitative estimate of drug-likeness (QED) is 0.445. The predicted molar refractivity (Wildman–Crippen MR) is 122 cm³/mol. The number of hydrogen-bond donors (Lipinski definition) is 0. The molecule has 3 aromatic carbocycles. The first kappa shape index (κ1) is 19.2. The third-order valence-corrected chi connectivity index (χ3v) is 5.96. The molecule has 0 bridgehead atoms. The lowest BCUT2D eigenvalue weighted by Gasteiger charge is -2.28. The second kappa shape index (κ2) is 7.51. The smallest absolute Gasteiger partial charge is 0.276 e. The van der Waals surface area contributed by atoms with Crippen LogP contribution in [0.25, 0.3) is 10.9 Å². The van der Waals surface area contributed by atoms with Crippen LogP contribution in [0.15, 0.2) is 72.8 Å². The fourth-order valence-electron chi connectivity index (χ4n) is 4.62. The number of benzene rings is 3. The van der Waals surface area contributed by atoms with Gasteiger partial charge in [0, 0.05) is 34.8 Å². The molecular formula is C26H24N2O3. The van der Waals surface area contributed by atoms with Gasteiger partial charge in [0.25, 0.3) is 5.91 Å². The van der Waals surface area contributed by atoms with Gasteiger partial charge in [-0.3, -0.25) is 9.69 Å². The number of fused-ring (bicyclic) bond motifs is 3. The largest absolute Gasteiger partial charge is 0.497 e. The number of hydrogen-bond acceptors (Lipinski definition) is 3. The summed E-state index contributed by atoms with van der Waals surface area (Å²) in [7, 11) is 3.60. The van der Waals surface area contributed by atoms with Gasteiger partial charge in [0.15, 0.2) is 0 Å². The molecule has 5 nitrogen and oxygen atoms in total. The molecule has 1 aromatic heterocycles. The highest BCUT2D eigenvalue weighted by Gasteiger charge is 2.43. The summed E-state index contributed by atoms with van der Waals surface area (Å²) in [5, 5.41) is 1.08. The first-order valence-electron chi connectivity index (χ1n) is 10.4. The van der Waals surface area contributed by atoms with Crippen LogP contribution in [0.5, 0.6) is 11.5 Å². The summed E-state index contributed by atoms with van der Waals surface area (Å²) in [6.45, 7) is 2.53. The standard InChI is InChI=1S/C26H24N2O3/c1-4-31-22-12-8-6-10-20(22)24-23-19-9-5-7-11-21(19)27(2)25(23)26(29)28(24)17-13-15-18(30-3)16-14-17/h5-16,24H,4H2,1-3H3/t24-/m0/s1. The molecule has 0 fully saturated rings. The Morgan fingerprint density at radius 3 is 2.39 bits per heavy atom. The van der Waals surface area contributed by atoms with Gasteiger partial charge in [-0.05, 0) is 43.3 Å². The third kappa shape index (κ3) is 2.88. The highest BCUT2D eigenvalue weighted by atomic mass is 16.5. The van der Waals surface area contributed by atoms with Gasteiger partial charge in [-0.2, -0.15) is 0 Å². The molecule has 31 heavy (non-hydrogen) atoms. The summed E-state index contributed by atoms with van der Waals surface area (Å²) in [5.41, 5.74) is 4.58. The average molecular weight is 412 g/mol. The molecule has 1 amide bonds. The molecule has 0 aliphatic carbocycles. The van der Waals surface area contributed by atoms with Gasteiger partial charge in [-0.1, -0.05) is 36.4 Å². The van der Waals surface area contributed by atoms with Gasteiger partial charge in [0.1, 0.15) is 17.2 Å². The molecule has 0 unspecified atom stereocenters. The van der Waals surface area contributed by atoms with Crippen LogP contribution < -0.4 is 14.4 Å². The predicted octanol–water partition coefficient (Wildman–Crippen LogP) is 5.34. The van der Waals surface area contributed by atoms with E-state index in [-0.39, 0.29) is 11.9 Å². The van der Waals surface area contributed by atoms with E-state index in [9.17, 15) is 4.79 Å². The van der Waals surface area contributed by atoms with Crippen LogP contribution in [0.2, 0.25) is 0 Å². The number of aryl methyl sites for hydroxylation is 1. The Morgan fingerprint density at radius 1 is 0.935 bits per heavy atom. The Bertz CT molecular complexity index is 1270. The maximum absolute atomic E-state index is 13.8.